The standard InChI is InChI=1S/C10H13N3OS/c1-8-12-10(14-13-8)4-5-11-7-9-3-2-6-15-9/h2-3,6,11H,4-5,7H2,1H3. The second-order valence-corrected chi connectivity index (χ2v) is 4.27. The van der Waals surface area contributed by atoms with E-state index in [1.807, 2.05) is 6.92 Å². The molecule has 80 valence electrons. The van der Waals surface area contributed by atoms with Gasteiger partial charge in [-0.05, 0) is 18.4 Å². The van der Waals surface area contributed by atoms with Crippen LogP contribution in [0.3, 0.4) is 0 Å². The molecule has 0 aromatic carbocycles. The first-order chi connectivity index (χ1) is 7.34. The van der Waals surface area contributed by atoms with Crippen molar-refractivity contribution in [2.24, 2.45) is 0 Å². The number of aryl methyl sites for hydroxylation is 1. The fraction of sp³-hybridized carbons (Fsp3) is 0.400. The molecule has 0 atom stereocenters. The summed E-state index contributed by atoms with van der Waals surface area (Å²) in [5.74, 6) is 1.40. The zero-order valence-electron chi connectivity index (χ0n) is 8.56. The third-order valence-corrected chi connectivity index (χ3v) is 2.84. The van der Waals surface area contributed by atoms with Crippen LogP contribution < -0.4 is 5.32 Å². The van der Waals surface area contributed by atoms with Gasteiger partial charge in [-0.1, -0.05) is 11.2 Å². The maximum Gasteiger partial charge on any atom is 0.227 e. The van der Waals surface area contributed by atoms with Gasteiger partial charge >= 0.3 is 0 Å². The Labute approximate surface area is 92.3 Å². The topological polar surface area (TPSA) is 51.0 Å². The summed E-state index contributed by atoms with van der Waals surface area (Å²) in [4.78, 5) is 5.47. The number of hydrogen-bond donors (Lipinski definition) is 1. The molecule has 0 aliphatic carbocycles. The minimum Gasteiger partial charge on any atom is -0.339 e. The number of nitrogens with zero attached hydrogens (tertiary/aromatic N) is 2. The molecule has 0 saturated heterocycles. The van der Waals surface area contributed by atoms with Gasteiger partial charge in [-0.25, -0.2) is 0 Å². The van der Waals surface area contributed by atoms with Crippen LogP contribution in [-0.4, -0.2) is 16.7 Å². The lowest BCUT2D eigenvalue weighted by atomic mass is 10.4. The summed E-state index contributed by atoms with van der Waals surface area (Å²) in [6.45, 7) is 3.59. The summed E-state index contributed by atoms with van der Waals surface area (Å²) < 4.78 is 5.00. The maximum absolute atomic E-state index is 5.00. The van der Waals surface area contributed by atoms with Gasteiger partial charge in [0, 0.05) is 24.4 Å². The SMILES string of the molecule is Cc1noc(CCNCc2cccs2)n1. The molecule has 2 aromatic rings. The number of aromatic nitrogens is 2. The lowest BCUT2D eigenvalue weighted by Crippen LogP contribution is -2.16. The van der Waals surface area contributed by atoms with Gasteiger partial charge in [-0.2, -0.15) is 4.98 Å². The third kappa shape index (κ3) is 3.14. The maximum atomic E-state index is 5.00. The average Bonchev–Trinajstić information content (AvgIpc) is 2.84. The van der Waals surface area contributed by atoms with Crippen LogP contribution in [0.4, 0.5) is 0 Å². The third-order valence-electron chi connectivity index (χ3n) is 1.96. The van der Waals surface area contributed by atoms with E-state index in [1.54, 1.807) is 11.3 Å². The molecule has 0 unspecified atom stereocenters. The molecule has 5 heteroatoms. The Hall–Kier alpha value is -1.20. The Morgan fingerprint density at radius 1 is 1.53 bits per heavy atom. The van der Waals surface area contributed by atoms with Crippen molar-refractivity contribution >= 4 is 11.3 Å². The predicted molar refractivity (Wildman–Crippen MR) is 58.8 cm³/mol. The zero-order valence-corrected chi connectivity index (χ0v) is 9.38. The van der Waals surface area contributed by atoms with Crippen LogP contribution in [0.5, 0.6) is 0 Å². The van der Waals surface area contributed by atoms with E-state index in [2.05, 4.69) is 33.0 Å². The highest BCUT2D eigenvalue weighted by atomic mass is 32.1. The van der Waals surface area contributed by atoms with E-state index >= 15 is 0 Å². The van der Waals surface area contributed by atoms with Crippen molar-refractivity contribution in [2.75, 3.05) is 6.54 Å². The first-order valence-electron chi connectivity index (χ1n) is 4.87. The molecular weight excluding hydrogens is 210 g/mol. The Kier molecular flexibility index (Phi) is 3.47. The molecule has 4 nitrogen and oxygen atoms in total. The van der Waals surface area contributed by atoms with Crippen molar-refractivity contribution in [3.05, 3.63) is 34.1 Å². The van der Waals surface area contributed by atoms with Crippen LogP contribution >= 0.6 is 11.3 Å². The quantitative estimate of drug-likeness (QED) is 0.785. The molecule has 0 bridgehead atoms. The first kappa shape index (κ1) is 10.3. The summed E-state index contributed by atoms with van der Waals surface area (Å²) in [6, 6.07) is 4.18. The second-order valence-electron chi connectivity index (χ2n) is 3.24. The molecule has 0 saturated carbocycles. The van der Waals surface area contributed by atoms with Crippen molar-refractivity contribution in [3.8, 4) is 0 Å². The Morgan fingerprint density at radius 2 is 2.47 bits per heavy atom. The summed E-state index contributed by atoms with van der Waals surface area (Å²) >= 11 is 1.76. The van der Waals surface area contributed by atoms with Gasteiger partial charge in [-0.3, -0.25) is 0 Å². The summed E-state index contributed by atoms with van der Waals surface area (Å²) in [5, 5.41) is 9.14. The van der Waals surface area contributed by atoms with E-state index in [0.29, 0.717) is 11.7 Å². The second kappa shape index (κ2) is 5.04. The number of rotatable bonds is 5. The van der Waals surface area contributed by atoms with Gasteiger partial charge in [-0.15, -0.1) is 11.3 Å². The molecule has 15 heavy (non-hydrogen) atoms. The van der Waals surface area contributed by atoms with Crippen LogP contribution in [-0.2, 0) is 13.0 Å². The summed E-state index contributed by atoms with van der Waals surface area (Å²) in [5.41, 5.74) is 0. The van der Waals surface area contributed by atoms with Crippen molar-refractivity contribution in [2.45, 2.75) is 19.9 Å². The molecule has 0 aliphatic heterocycles. The Balaban J connectivity index is 1.67. The first-order valence-corrected chi connectivity index (χ1v) is 5.75. The minimum atomic E-state index is 0.697. The van der Waals surface area contributed by atoms with E-state index in [9.17, 15) is 0 Å². The van der Waals surface area contributed by atoms with E-state index in [1.165, 1.54) is 4.88 Å². The number of hydrogen-bond acceptors (Lipinski definition) is 5. The molecule has 0 radical (unpaired) electrons. The molecule has 0 aliphatic rings. The highest BCUT2D eigenvalue weighted by Gasteiger charge is 2.01. The van der Waals surface area contributed by atoms with Gasteiger partial charge in [0.25, 0.3) is 0 Å². The molecule has 2 rings (SSSR count). The van der Waals surface area contributed by atoms with Crippen LogP contribution in [0, 0.1) is 6.92 Å². The van der Waals surface area contributed by atoms with E-state index in [4.69, 9.17) is 4.52 Å². The van der Waals surface area contributed by atoms with Crippen molar-refractivity contribution in [3.63, 3.8) is 0 Å². The highest BCUT2D eigenvalue weighted by Crippen LogP contribution is 2.07. The van der Waals surface area contributed by atoms with Crippen LogP contribution in [0.15, 0.2) is 22.0 Å². The van der Waals surface area contributed by atoms with Crippen molar-refractivity contribution in [1.82, 2.24) is 15.5 Å². The molecule has 2 heterocycles. The van der Waals surface area contributed by atoms with Gasteiger partial charge in [0.1, 0.15) is 0 Å². The Morgan fingerprint density at radius 3 is 3.13 bits per heavy atom. The molecular formula is C10H13N3OS. The molecule has 1 N–H and O–H groups in total. The van der Waals surface area contributed by atoms with Crippen LogP contribution in [0.25, 0.3) is 0 Å². The van der Waals surface area contributed by atoms with Crippen LogP contribution in [0.1, 0.15) is 16.6 Å². The predicted octanol–water partition coefficient (Wildman–Crippen LogP) is 1.77. The van der Waals surface area contributed by atoms with Gasteiger partial charge < -0.3 is 9.84 Å². The van der Waals surface area contributed by atoms with Crippen molar-refractivity contribution < 1.29 is 4.52 Å². The van der Waals surface area contributed by atoms with E-state index in [-0.39, 0.29) is 0 Å². The molecule has 0 spiro atoms. The Bertz CT molecular complexity index is 396. The molecule has 2 aromatic heterocycles. The van der Waals surface area contributed by atoms with Gasteiger partial charge in [0.2, 0.25) is 5.89 Å². The van der Waals surface area contributed by atoms with Gasteiger partial charge in [0.15, 0.2) is 5.82 Å². The monoisotopic (exact) mass is 223 g/mol. The van der Waals surface area contributed by atoms with Crippen molar-refractivity contribution in [1.29, 1.82) is 0 Å². The van der Waals surface area contributed by atoms with E-state index in [0.717, 1.165) is 19.5 Å². The number of nitrogens with one attached hydrogen (secondary N) is 1. The minimum absolute atomic E-state index is 0.697. The lowest BCUT2D eigenvalue weighted by molar-refractivity contribution is 0.372. The van der Waals surface area contributed by atoms with E-state index < -0.39 is 0 Å². The smallest absolute Gasteiger partial charge is 0.227 e. The summed E-state index contributed by atoms with van der Waals surface area (Å²) in [6.07, 6.45) is 0.784. The zero-order chi connectivity index (χ0) is 10.5. The summed E-state index contributed by atoms with van der Waals surface area (Å²) in [7, 11) is 0. The fourth-order valence-electron chi connectivity index (χ4n) is 1.26. The normalized spacial score (nSPS) is 10.7. The molecule has 0 amide bonds. The van der Waals surface area contributed by atoms with Crippen LogP contribution in [0.2, 0.25) is 0 Å². The fourth-order valence-corrected chi connectivity index (χ4v) is 1.94. The lowest BCUT2D eigenvalue weighted by Gasteiger charge is -1.99. The van der Waals surface area contributed by atoms with Gasteiger partial charge in [0.05, 0.1) is 0 Å². The molecule has 0 fully saturated rings. The number of thiophene rings is 1. The largest absolute Gasteiger partial charge is 0.339 e. The highest BCUT2D eigenvalue weighted by molar-refractivity contribution is 7.09. The average molecular weight is 223 g/mol.